The molecular weight excluding hydrogens is 260 g/mol. The van der Waals surface area contributed by atoms with Crippen LogP contribution in [0.4, 0.5) is 0 Å². The summed E-state index contributed by atoms with van der Waals surface area (Å²) in [6.07, 6.45) is 1.73. The number of nitrogens with zero attached hydrogens (tertiary/aromatic N) is 1. The Hall–Kier alpha value is 0.0700. The third kappa shape index (κ3) is 1.78. The standard InChI is InChI=1S/C6H6Br2N2/c7-5-1-4(2-9)6(8)10-3-5/h1,3H,2,9H2. The molecule has 0 atom stereocenters. The summed E-state index contributed by atoms with van der Waals surface area (Å²) in [5.74, 6) is 0. The fourth-order valence-electron chi connectivity index (χ4n) is 0.608. The smallest absolute Gasteiger partial charge is 0.110 e. The maximum Gasteiger partial charge on any atom is 0.110 e. The zero-order valence-corrected chi connectivity index (χ0v) is 8.31. The number of rotatable bonds is 1. The Balaban J connectivity index is 3.09. The molecule has 0 saturated heterocycles. The summed E-state index contributed by atoms with van der Waals surface area (Å²) in [5.41, 5.74) is 6.44. The van der Waals surface area contributed by atoms with Gasteiger partial charge in [-0.3, -0.25) is 0 Å². The summed E-state index contributed by atoms with van der Waals surface area (Å²) in [5, 5.41) is 0. The largest absolute Gasteiger partial charge is 0.326 e. The van der Waals surface area contributed by atoms with Crippen molar-refractivity contribution in [3.8, 4) is 0 Å². The predicted molar refractivity (Wildman–Crippen MR) is 47.5 cm³/mol. The van der Waals surface area contributed by atoms with E-state index in [1.807, 2.05) is 6.07 Å². The van der Waals surface area contributed by atoms with Gasteiger partial charge >= 0.3 is 0 Å². The van der Waals surface area contributed by atoms with Crippen molar-refractivity contribution in [2.45, 2.75) is 6.54 Å². The third-order valence-corrected chi connectivity index (χ3v) is 2.25. The number of aromatic nitrogens is 1. The van der Waals surface area contributed by atoms with Crippen molar-refractivity contribution in [1.29, 1.82) is 0 Å². The molecule has 0 aliphatic heterocycles. The van der Waals surface area contributed by atoms with Crippen LogP contribution in [0, 0.1) is 0 Å². The molecule has 0 spiro atoms. The van der Waals surface area contributed by atoms with E-state index in [0.717, 1.165) is 14.6 Å². The first kappa shape index (κ1) is 8.17. The summed E-state index contributed by atoms with van der Waals surface area (Å²) in [4.78, 5) is 4.04. The van der Waals surface area contributed by atoms with Crippen molar-refractivity contribution in [3.05, 3.63) is 26.9 Å². The number of nitrogens with two attached hydrogens (primary N) is 1. The molecule has 0 aliphatic carbocycles. The molecule has 1 heterocycles. The normalized spacial score (nSPS) is 9.90. The monoisotopic (exact) mass is 264 g/mol. The zero-order chi connectivity index (χ0) is 7.56. The van der Waals surface area contributed by atoms with Gasteiger partial charge in [0.2, 0.25) is 0 Å². The van der Waals surface area contributed by atoms with Gasteiger partial charge in [0, 0.05) is 17.2 Å². The maximum atomic E-state index is 5.43. The van der Waals surface area contributed by atoms with E-state index >= 15 is 0 Å². The van der Waals surface area contributed by atoms with Crippen LogP contribution >= 0.6 is 31.9 Å². The lowest BCUT2D eigenvalue weighted by Gasteiger charge is -1.98. The molecule has 0 saturated carbocycles. The van der Waals surface area contributed by atoms with Crippen LogP contribution in [0.3, 0.4) is 0 Å². The van der Waals surface area contributed by atoms with Crippen molar-refractivity contribution in [3.63, 3.8) is 0 Å². The van der Waals surface area contributed by atoms with Gasteiger partial charge < -0.3 is 5.73 Å². The zero-order valence-electron chi connectivity index (χ0n) is 5.14. The van der Waals surface area contributed by atoms with Gasteiger partial charge in [0.05, 0.1) is 0 Å². The van der Waals surface area contributed by atoms with Gasteiger partial charge in [-0.15, -0.1) is 0 Å². The van der Waals surface area contributed by atoms with Crippen LogP contribution in [0.15, 0.2) is 21.3 Å². The van der Waals surface area contributed by atoms with Crippen molar-refractivity contribution < 1.29 is 0 Å². The van der Waals surface area contributed by atoms with Crippen LogP contribution in [0.25, 0.3) is 0 Å². The van der Waals surface area contributed by atoms with E-state index in [0.29, 0.717) is 6.54 Å². The minimum atomic E-state index is 0.507. The first-order chi connectivity index (χ1) is 4.74. The SMILES string of the molecule is NCc1cc(Br)cnc1Br. The average Bonchev–Trinajstić information content (AvgIpc) is 1.94. The topological polar surface area (TPSA) is 38.9 Å². The lowest BCUT2D eigenvalue weighted by Crippen LogP contribution is -1.98. The van der Waals surface area contributed by atoms with Crippen molar-refractivity contribution >= 4 is 31.9 Å². The molecular formula is C6H6Br2N2. The van der Waals surface area contributed by atoms with Crippen LogP contribution in [0.2, 0.25) is 0 Å². The molecule has 4 heteroatoms. The van der Waals surface area contributed by atoms with E-state index in [4.69, 9.17) is 5.73 Å². The van der Waals surface area contributed by atoms with Gasteiger partial charge in [0.15, 0.2) is 0 Å². The van der Waals surface area contributed by atoms with E-state index in [1.165, 1.54) is 0 Å². The third-order valence-electron chi connectivity index (χ3n) is 1.10. The summed E-state index contributed by atoms with van der Waals surface area (Å²) in [6, 6.07) is 1.94. The fourth-order valence-corrected chi connectivity index (χ4v) is 1.37. The Labute approximate surface area is 76.1 Å². The van der Waals surface area contributed by atoms with E-state index in [1.54, 1.807) is 6.20 Å². The minimum absolute atomic E-state index is 0.507. The Kier molecular flexibility index (Phi) is 2.82. The van der Waals surface area contributed by atoms with Gasteiger partial charge in [-0.25, -0.2) is 4.98 Å². The first-order valence-electron chi connectivity index (χ1n) is 2.74. The minimum Gasteiger partial charge on any atom is -0.326 e. The molecule has 0 fully saturated rings. The molecule has 1 aromatic rings. The van der Waals surface area contributed by atoms with E-state index in [9.17, 15) is 0 Å². The summed E-state index contributed by atoms with van der Waals surface area (Å²) < 4.78 is 1.77. The number of hydrogen-bond acceptors (Lipinski definition) is 2. The van der Waals surface area contributed by atoms with Crippen molar-refractivity contribution in [1.82, 2.24) is 4.98 Å². The quantitative estimate of drug-likeness (QED) is 0.790. The van der Waals surface area contributed by atoms with Crippen LogP contribution in [-0.2, 0) is 6.54 Å². The van der Waals surface area contributed by atoms with Gasteiger partial charge in [0.25, 0.3) is 0 Å². The molecule has 2 N–H and O–H groups in total. The van der Waals surface area contributed by atoms with Crippen molar-refractivity contribution in [2.24, 2.45) is 5.73 Å². The molecule has 1 rings (SSSR count). The second-order valence-electron chi connectivity index (χ2n) is 1.81. The van der Waals surface area contributed by atoms with Crippen LogP contribution in [-0.4, -0.2) is 4.98 Å². The first-order valence-corrected chi connectivity index (χ1v) is 4.32. The Morgan fingerprint density at radius 1 is 1.50 bits per heavy atom. The molecule has 0 aliphatic rings. The molecule has 0 bridgehead atoms. The van der Waals surface area contributed by atoms with Crippen LogP contribution in [0.5, 0.6) is 0 Å². The molecule has 1 aromatic heterocycles. The number of pyridine rings is 1. The molecule has 10 heavy (non-hydrogen) atoms. The lowest BCUT2D eigenvalue weighted by atomic mass is 10.3. The Morgan fingerprint density at radius 2 is 2.20 bits per heavy atom. The fraction of sp³-hybridized carbons (Fsp3) is 0.167. The molecule has 0 aromatic carbocycles. The van der Waals surface area contributed by atoms with Gasteiger partial charge in [-0.05, 0) is 43.5 Å². The second kappa shape index (κ2) is 3.46. The van der Waals surface area contributed by atoms with E-state index in [-0.39, 0.29) is 0 Å². The van der Waals surface area contributed by atoms with Crippen LogP contribution < -0.4 is 5.73 Å². The van der Waals surface area contributed by atoms with E-state index in [2.05, 4.69) is 36.8 Å². The average molecular weight is 266 g/mol. The highest BCUT2D eigenvalue weighted by Crippen LogP contribution is 2.17. The van der Waals surface area contributed by atoms with Gasteiger partial charge in [0.1, 0.15) is 4.60 Å². The molecule has 54 valence electrons. The molecule has 0 radical (unpaired) electrons. The van der Waals surface area contributed by atoms with E-state index < -0.39 is 0 Å². The van der Waals surface area contributed by atoms with Crippen molar-refractivity contribution in [2.75, 3.05) is 0 Å². The number of halogens is 2. The highest BCUT2D eigenvalue weighted by molar-refractivity contribution is 9.11. The predicted octanol–water partition coefficient (Wildman–Crippen LogP) is 2.07. The lowest BCUT2D eigenvalue weighted by molar-refractivity contribution is 1.02. The molecule has 0 amide bonds. The summed E-state index contributed by atoms with van der Waals surface area (Å²) >= 11 is 6.58. The van der Waals surface area contributed by atoms with Gasteiger partial charge in [-0.1, -0.05) is 0 Å². The summed E-state index contributed by atoms with van der Waals surface area (Å²) in [7, 11) is 0. The number of hydrogen-bond donors (Lipinski definition) is 1. The second-order valence-corrected chi connectivity index (χ2v) is 3.47. The maximum absolute atomic E-state index is 5.43. The Bertz CT molecular complexity index is 237. The molecule has 0 unspecified atom stereocenters. The van der Waals surface area contributed by atoms with Crippen LogP contribution in [0.1, 0.15) is 5.56 Å². The highest BCUT2D eigenvalue weighted by atomic mass is 79.9. The summed E-state index contributed by atoms with van der Waals surface area (Å²) in [6.45, 7) is 0.507. The molecule has 2 nitrogen and oxygen atoms in total. The van der Waals surface area contributed by atoms with Gasteiger partial charge in [-0.2, -0.15) is 0 Å². The highest BCUT2D eigenvalue weighted by Gasteiger charge is 1.97. The Morgan fingerprint density at radius 3 is 2.70 bits per heavy atom.